The highest BCUT2D eigenvalue weighted by Gasteiger charge is 2.27. The van der Waals surface area contributed by atoms with Crippen molar-refractivity contribution in [1.29, 1.82) is 0 Å². The molecule has 5 aromatic rings. The maximum atomic E-state index is 12.2. The minimum absolute atomic E-state index is 0.140. The molecule has 1 aliphatic heterocycles. The van der Waals surface area contributed by atoms with E-state index in [4.69, 9.17) is 15.0 Å². The average Bonchev–Trinajstić information content (AvgIpc) is 3.45. The van der Waals surface area contributed by atoms with E-state index in [1.807, 2.05) is 42.6 Å². The number of rotatable bonds is 9. The molecule has 232 valence electrons. The Kier molecular flexibility index (Phi) is 8.24. The predicted molar refractivity (Wildman–Crippen MR) is 182 cm³/mol. The Labute approximate surface area is 263 Å². The molecule has 0 radical (unpaired) electrons. The number of carbonyl (C=O) groups is 1. The molecule has 10 heteroatoms. The van der Waals surface area contributed by atoms with Crippen LogP contribution in [0.15, 0.2) is 73.1 Å². The summed E-state index contributed by atoms with van der Waals surface area (Å²) in [5.41, 5.74) is 6.13. The Morgan fingerprint density at radius 2 is 1.98 bits per heavy atom. The third-order valence-electron chi connectivity index (χ3n) is 8.41. The number of nitrogens with one attached hydrogen (secondary N) is 4. The second-order valence-electron chi connectivity index (χ2n) is 12.8. The summed E-state index contributed by atoms with van der Waals surface area (Å²) < 4.78 is 1.79. The lowest BCUT2D eigenvalue weighted by Crippen LogP contribution is -2.50. The van der Waals surface area contributed by atoms with Gasteiger partial charge in [-0.1, -0.05) is 50.8 Å². The van der Waals surface area contributed by atoms with Gasteiger partial charge in [0.05, 0.1) is 11.9 Å². The molecule has 1 unspecified atom stereocenters. The van der Waals surface area contributed by atoms with Crippen LogP contribution in [0.1, 0.15) is 64.5 Å². The zero-order valence-electron chi connectivity index (χ0n) is 26.6. The summed E-state index contributed by atoms with van der Waals surface area (Å²) in [4.78, 5) is 26.8. The number of aromatic nitrogens is 5. The fourth-order valence-electron chi connectivity index (χ4n) is 5.70. The molecule has 1 aliphatic rings. The van der Waals surface area contributed by atoms with Gasteiger partial charge in [-0.05, 0) is 68.7 Å². The van der Waals surface area contributed by atoms with Crippen LogP contribution in [-0.4, -0.2) is 48.6 Å². The molecule has 3 aromatic heterocycles. The van der Waals surface area contributed by atoms with Gasteiger partial charge in [0, 0.05) is 58.6 Å². The Bertz CT molecular complexity index is 1880. The molecule has 0 spiro atoms. The first-order chi connectivity index (χ1) is 21.6. The molecule has 0 saturated carbocycles. The third kappa shape index (κ3) is 6.51. The summed E-state index contributed by atoms with van der Waals surface area (Å²) in [5.74, 6) is 1.28. The second-order valence-corrected chi connectivity index (χ2v) is 12.8. The first kappa shape index (κ1) is 30.2. The number of amides is 1. The van der Waals surface area contributed by atoms with Crippen molar-refractivity contribution in [2.24, 2.45) is 0 Å². The predicted octanol–water partition coefficient (Wildman–Crippen LogP) is 6.53. The zero-order chi connectivity index (χ0) is 31.7. The molecule has 1 saturated heterocycles. The van der Waals surface area contributed by atoms with Crippen molar-refractivity contribution in [3.05, 3.63) is 84.2 Å². The van der Waals surface area contributed by atoms with E-state index in [1.54, 1.807) is 17.6 Å². The summed E-state index contributed by atoms with van der Waals surface area (Å²) in [6.07, 6.45) is 5.80. The number of nitrogens with zero attached hydrogens (tertiary/aromatic N) is 5. The lowest BCUT2D eigenvalue weighted by Gasteiger charge is -2.36. The van der Waals surface area contributed by atoms with Crippen molar-refractivity contribution >= 4 is 39.9 Å². The summed E-state index contributed by atoms with van der Waals surface area (Å²) in [6.45, 7) is 15.6. The minimum Gasteiger partial charge on any atom is -0.350 e. The van der Waals surface area contributed by atoms with Gasteiger partial charge >= 0.3 is 0 Å². The molecule has 45 heavy (non-hydrogen) atoms. The van der Waals surface area contributed by atoms with Crippen LogP contribution in [0.2, 0.25) is 0 Å². The zero-order valence-corrected chi connectivity index (χ0v) is 26.6. The Balaban J connectivity index is 1.30. The van der Waals surface area contributed by atoms with E-state index < -0.39 is 0 Å². The third-order valence-corrected chi connectivity index (χ3v) is 8.41. The highest BCUT2D eigenvalue weighted by atomic mass is 16.1. The standard InChI is InChI=1S/C35H41N9O/c1-21(2)29-20-39-44-31(29)42-33(41-26-13-15-35(5,6)38-19-26)43-34(44)37-18-24-9-7-8-10-27(24)30-28-12-11-25(40-32(45)22(3)4)17-23(28)14-16-36-30/h7-12,14,16-17,20-21,26,38H,3,13,15,18-19H2,1-2,4-6H3,(H,40,45)(H2,37,41,42,43). The number of benzene rings is 2. The lowest BCUT2D eigenvalue weighted by atomic mass is 9.91. The van der Waals surface area contributed by atoms with Gasteiger partial charge in [-0.2, -0.15) is 19.6 Å². The van der Waals surface area contributed by atoms with Crippen molar-refractivity contribution in [3.63, 3.8) is 0 Å². The summed E-state index contributed by atoms with van der Waals surface area (Å²) in [6, 6.07) is 16.3. The monoisotopic (exact) mass is 603 g/mol. The number of anilines is 3. The minimum atomic E-state index is -0.200. The maximum Gasteiger partial charge on any atom is 0.250 e. The van der Waals surface area contributed by atoms with Crippen LogP contribution in [0.5, 0.6) is 0 Å². The largest absolute Gasteiger partial charge is 0.350 e. The molecule has 1 amide bonds. The Morgan fingerprint density at radius 3 is 2.73 bits per heavy atom. The van der Waals surface area contributed by atoms with Crippen molar-refractivity contribution in [2.45, 2.75) is 71.5 Å². The average molecular weight is 604 g/mol. The molecule has 4 heterocycles. The summed E-state index contributed by atoms with van der Waals surface area (Å²) in [5, 5.41) is 20.3. The molecule has 1 atom stereocenters. The molecule has 1 fully saturated rings. The van der Waals surface area contributed by atoms with Gasteiger partial charge in [-0.3, -0.25) is 9.78 Å². The molecule has 6 rings (SSSR count). The summed E-state index contributed by atoms with van der Waals surface area (Å²) >= 11 is 0. The van der Waals surface area contributed by atoms with Gasteiger partial charge in [-0.25, -0.2) is 0 Å². The molecular formula is C35H41N9O. The van der Waals surface area contributed by atoms with Crippen molar-refractivity contribution in [1.82, 2.24) is 29.9 Å². The van der Waals surface area contributed by atoms with Crippen LogP contribution in [-0.2, 0) is 11.3 Å². The van der Waals surface area contributed by atoms with E-state index >= 15 is 0 Å². The number of hydrogen-bond donors (Lipinski definition) is 4. The maximum absolute atomic E-state index is 12.2. The normalized spacial score (nSPS) is 16.2. The van der Waals surface area contributed by atoms with Gasteiger partial charge in [0.25, 0.3) is 5.91 Å². The number of carbonyl (C=O) groups excluding carboxylic acids is 1. The first-order valence-corrected chi connectivity index (χ1v) is 15.5. The van der Waals surface area contributed by atoms with E-state index in [2.05, 4.69) is 72.8 Å². The topological polar surface area (TPSA) is 121 Å². The fourth-order valence-corrected chi connectivity index (χ4v) is 5.70. The lowest BCUT2D eigenvalue weighted by molar-refractivity contribution is -0.112. The van der Waals surface area contributed by atoms with E-state index in [0.717, 1.165) is 58.2 Å². The number of piperidine rings is 1. The van der Waals surface area contributed by atoms with Gasteiger partial charge in [0.15, 0.2) is 5.65 Å². The van der Waals surface area contributed by atoms with Gasteiger partial charge < -0.3 is 21.3 Å². The summed E-state index contributed by atoms with van der Waals surface area (Å²) in [7, 11) is 0. The van der Waals surface area contributed by atoms with E-state index in [0.29, 0.717) is 29.7 Å². The van der Waals surface area contributed by atoms with E-state index in [1.165, 1.54) is 0 Å². The first-order valence-electron chi connectivity index (χ1n) is 15.5. The SMILES string of the molecule is C=C(C)C(=O)Nc1ccc2c(-c3ccccc3CNc3nc(NC4CCC(C)(C)NC4)nc4c(C(C)C)cnn34)nccc2c1. The molecule has 2 aromatic carbocycles. The number of hydrogen-bond acceptors (Lipinski definition) is 8. The van der Waals surface area contributed by atoms with Crippen LogP contribution in [0.4, 0.5) is 17.6 Å². The van der Waals surface area contributed by atoms with E-state index in [-0.39, 0.29) is 23.4 Å². The molecule has 0 bridgehead atoms. The second kappa shape index (κ2) is 12.3. The van der Waals surface area contributed by atoms with E-state index in [9.17, 15) is 4.79 Å². The molecule has 10 nitrogen and oxygen atoms in total. The van der Waals surface area contributed by atoms with Gasteiger partial charge in [-0.15, -0.1) is 0 Å². The van der Waals surface area contributed by atoms with Crippen LogP contribution in [0.25, 0.3) is 27.7 Å². The molecule has 0 aliphatic carbocycles. The highest BCUT2D eigenvalue weighted by molar-refractivity contribution is 6.05. The van der Waals surface area contributed by atoms with Crippen molar-refractivity contribution in [2.75, 3.05) is 22.5 Å². The smallest absolute Gasteiger partial charge is 0.250 e. The van der Waals surface area contributed by atoms with Crippen molar-refractivity contribution in [3.8, 4) is 11.3 Å². The van der Waals surface area contributed by atoms with Gasteiger partial charge in [0.1, 0.15) is 0 Å². The Morgan fingerprint density at radius 1 is 1.16 bits per heavy atom. The quantitative estimate of drug-likeness (QED) is 0.140. The van der Waals surface area contributed by atoms with Crippen LogP contribution >= 0.6 is 0 Å². The van der Waals surface area contributed by atoms with Crippen LogP contribution in [0.3, 0.4) is 0 Å². The van der Waals surface area contributed by atoms with Crippen molar-refractivity contribution < 1.29 is 4.79 Å². The Hall–Kier alpha value is -4.83. The number of pyridine rings is 1. The fraction of sp³-hybridized carbons (Fsp3) is 0.343. The molecule has 4 N–H and O–H groups in total. The number of fused-ring (bicyclic) bond motifs is 2. The highest BCUT2D eigenvalue weighted by Crippen LogP contribution is 2.31. The molecular weight excluding hydrogens is 562 g/mol. The van der Waals surface area contributed by atoms with Gasteiger partial charge in [0.2, 0.25) is 11.9 Å². The van der Waals surface area contributed by atoms with Crippen LogP contribution < -0.4 is 21.3 Å². The van der Waals surface area contributed by atoms with Crippen LogP contribution in [0, 0.1) is 0 Å².